The molecule has 0 bridgehead atoms. The number of hydrogen-bond donors (Lipinski definition) is 1. The smallest absolute Gasteiger partial charge is 0.264 e. The van der Waals surface area contributed by atoms with Crippen LogP contribution >= 0.6 is 0 Å². The summed E-state index contributed by atoms with van der Waals surface area (Å²) >= 11 is 0. The third-order valence-corrected chi connectivity index (χ3v) is 5.28. The summed E-state index contributed by atoms with van der Waals surface area (Å²) in [6.45, 7) is -0.0840. The van der Waals surface area contributed by atoms with Crippen molar-refractivity contribution in [2.75, 3.05) is 42.4 Å². The molecule has 0 atom stereocenters. The largest absolute Gasteiger partial charge is 0.482 e. The Morgan fingerprint density at radius 3 is 2.29 bits per heavy atom. The van der Waals surface area contributed by atoms with E-state index in [9.17, 15) is 19.2 Å². The van der Waals surface area contributed by atoms with E-state index in [1.54, 1.807) is 50.5 Å². The van der Waals surface area contributed by atoms with Crippen molar-refractivity contribution in [1.82, 2.24) is 0 Å². The normalized spacial score (nSPS) is 14.9. The average molecular weight is 423 g/mol. The third kappa shape index (κ3) is 4.07. The van der Waals surface area contributed by atoms with Crippen LogP contribution in [0.15, 0.2) is 36.4 Å². The fourth-order valence-corrected chi connectivity index (χ4v) is 3.40. The van der Waals surface area contributed by atoms with E-state index in [0.717, 1.165) is 0 Å². The van der Waals surface area contributed by atoms with E-state index in [-0.39, 0.29) is 49.6 Å². The molecule has 2 aromatic carbocycles. The maximum Gasteiger partial charge on any atom is 0.264 e. The number of ether oxygens (including phenoxy) is 2. The molecule has 0 saturated carbocycles. The molecule has 2 aliphatic rings. The van der Waals surface area contributed by atoms with E-state index in [1.165, 1.54) is 9.80 Å². The van der Waals surface area contributed by atoms with Gasteiger partial charge in [0.2, 0.25) is 5.91 Å². The second-order valence-electron chi connectivity index (χ2n) is 7.32. The van der Waals surface area contributed by atoms with Crippen molar-refractivity contribution < 1.29 is 28.7 Å². The van der Waals surface area contributed by atoms with Crippen LogP contribution in [0.4, 0.5) is 17.1 Å². The Morgan fingerprint density at radius 1 is 0.871 bits per heavy atom. The van der Waals surface area contributed by atoms with Gasteiger partial charge in [0.25, 0.3) is 11.8 Å². The Labute approximate surface area is 178 Å². The average Bonchev–Trinajstić information content (AvgIpc) is 2.77. The highest BCUT2D eigenvalue weighted by Crippen LogP contribution is 2.34. The second kappa shape index (κ2) is 8.10. The van der Waals surface area contributed by atoms with E-state index < -0.39 is 0 Å². The van der Waals surface area contributed by atoms with E-state index in [0.29, 0.717) is 34.1 Å². The Hall–Kier alpha value is -3.88. The first-order valence-corrected chi connectivity index (χ1v) is 9.73. The van der Waals surface area contributed by atoms with E-state index in [4.69, 9.17) is 9.47 Å². The first-order valence-electron chi connectivity index (χ1n) is 9.73. The van der Waals surface area contributed by atoms with E-state index in [2.05, 4.69) is 5.32 Å². The predicted molar refractivity (Wildman–Crippen MR) is 113 cm³/mol. The standard InChI is InChI=1S/C22H21N3O6/c1-24-15-5-4-14(10-19(15)31-12-21(24)28)23-20(27)8-6-17(26)13-3-7-18-16(9-13)25(2)22(29)11-30-18/h3-5,7,9-10H,6,8,11-12H2,1-2H3,(H,23,27). The van der Waals surface area contributed by atoms with Crippen molar-refractivity contribution in [1.29, 1.82) is 0 Å². The van der Waals surface area contributed by atoms with Gasteiger partial charge in [-0.25, -0.2) is 0 Å². The molecule has 2 aliphatic heterocycles. The molecule has 0 aromatic heterocycles. The molecule has 3 amide bonds. The number of anilines is 3. The van der Waals surface area contributed by atoms with Gasteiger partial charge in [0.15, 0.2) is 19.0 Å². The maximum absolute atomic E-state index is 12.6. The van der Waals surface area contributed by atoms with Crippen LogP contribution in [0.25, 0.3) is 0 Å². The van der Waals surface area contributed by atoms with Gasteiger partial charge < -0.3 is 24.6 Å². The van der Waals surface area contributed by atoms with Gasteiger partial charge in [-0.05, 0) is 30.3 Å². The molecule has 1 N–H and O–H groups in total. The SMILES string of the molecule is CN1C(=O)COc2cc(NC(=O)CCC(=O)c3ccc4c(c3)N(C)C(=O)CO4)ccc21. The summed E-state index contributed by atoms with van der Waals surface area (Å²) in [5, 5.41) is 2.74. The topological polar surface area (TPSA) is 105 Å². The number of likely N-dealkylation sites (N-methyl/N-ethyl adjacent to an activating group) is 2. The zero-order chi connectivity index (χ0) is 22.1. The summed E-state index contributed by atoms with van der Waals surface area (Å²) in [6, 6.07) is 9.90. The lowest BCUT2D eigenvalue weighted by atomic mass is 10.0. The zero-order valence-corrected chi connectivity index (χ0v) is 17.1. The molecule has 0 radical (unpaired) electrons. The monoisotopic (exact) mass is 423 g/mol. The number of amides is 3. The van der Waals surface area contributed by atoms with Gasteiger partial charge in [0, 0.05) is 44.3 Å². The molecule has 0 saturated heterocycles. The lowest BCUT2D eigenvalue weighted by Gasteiger charge is -2.26. The quantitative estimate of drug-likeness (QED) is 0.738. The Balaban J connectivity index is 1.37. The molecule has 2 heterocycles. The lowest BCUT2D eigenvalue weighted by molar-refractivity contribution is -0.121. The molecular formula is C22H21N3O6. The minimum atomic E-state index is -0.317. The molecule has 0 aliphatic carbocycles. The number of fused-ring (bicyclic) bond motifs is 2. The lowest BCUT2D eigenvalue weighted by Crippen LogP contribution is -2.35. The van der Waals surface area contributed by atoms with Gasteiger partial charge in [-0.15, -0.1) is 0 Å². The minimum absolute atomic E-state index is 0.00246. The number of rotatable bonds is 5. The number of benzene rings is 2. The molecule has 4 rings (SSSR count). The molecule has 0 spiro atoms. The van der Waals surface area contributed by atoms with Gasteiger partial charge in [-0.3, -0.25) is 19.2 Å². The molecule has 160 valence electrons. The zero-order valence-electron chi connectivity index (χ0n) is 17.1. The van der Waals surface area contributed by atoms with E-state index in [1.807, 2.05) is 0 Å². The number of Topliss-reactive ketones (excluding diaryl/α,β-unsaturated/α-hetero) is 1. The highest BCUT2D eigenvalue weighted by molar-refractivity contribution is 6.03. The Bertz CT molecular complexity index is 1100. The highest BCUT2D eigenvalue weighted by atomic mass is 16.5. The van der Waals surface area contributed by atoms with Crippen molar-refractivity contribution in [2.45, 2.75) is 12.8 Å². The summed E-state index contributed by atoms with van der Waals surface area (Å²) in [4.78, 5) is 51.3. The first kappa shape index (κ1) is 20.4. The van der Waals surface area contributed by atoms with Crippen molar-refractivity contribution in [2.24, 2.45) is 0 Å². The third-order valence-electron chi connectivity index (χ3n) is 5.28. The molecular weight excluding hydrogens is 402 g/mol. The molecule has 0 unspecified atom stereocenters. The summed E-state index contributed by atoms with van der Waals surface area (Å²) < 4.78 is 10.8. The first-order chi connectivity index (χ1) is 14.8. The van der Waals surface area contributed by atoms with Gasteiger partial charge in [-0.2, -0.15) is 0 Å². The number of nitrogens with zero attached hydrogens (tertiary/aromatic N) is 2. The molecule has 9 heteroatoms. The maximum atomic E-state index is 12.6. The minimum Gasteiger partial charge on any atom is -0.482 e. The van der Waals surface area contributed by atoms with Crippen LogP contribution in [0.5, 0.6) is 11.5 Å². The molecule has 2 aromatic rings. The van der Waals surface area contributed by atoms with Crippen LogP contribution < -0.4 is 24.6 Å². The molecule has 9 nitrogen and oxygen atoms in total. The number of hydrogen-bond acceptors (Lipinski definition) is 6. The van der Waals surface area contributed by atoms with Crippen molar-refractivity contribution in [3.05, 3.63) is 42.0 Å². The van der Waals surface area contributed by atoms with Crippen LogP contribution in [-0.2, 0) is 14.4 Å². The molecule has 0 fully saturated rings. The van der Waals surface area contributed by atoms with Crippen LogP contribution in [0.3, 0.4) is 0 Å². The number of carbonyl (C=O) groups is 4. The number of nitrogens with one attached hydrogen (secondary N) is 1. The number of carbonyl (C=O) groups excluding carboxylic acids is 4. The van der Waals surface area contributed by atoms with Gasteiger partial charge in [0.1, 0.15) is 11.5 Å². The van der Waals surface area contributed by atoms with Crippen LogP contribution in [-0.4, -0.2) is 50.8 Å². The van der Waals surface area contributed by atoms with Crippen LogP contribution in [0.2, 0.25) is 0 Å². The Kier molecular flexibility index (Phi) is 5.33. The van der Waals surface area contributed by atoms with Crippen LogP contribution in [0.1, 0.15) is 23.2 Å². The van der Waals surface area contributed by atoms with Crippen molar-refractivity contribution in [3.8, 4) is 11.5 Å². The second-order valence-corrected chi connectivity index (χ2v) is 7.32. The van der Waals surface area contributed by atoms with Gasteiger partial charge in [-0.1, -0.05) is 0 Å². The van der Waals surface area contributed by atoms with Crippen LogP contribution in [0, 0.1) is 0 Å². The fraction of sp³-hybridized carbons (Fsp3) is 0.273. The predicted octanol–water partition coefficient (Wildman–Crippen LogP) is 2.00. The fourth-order valence-electron chi connectivity index (χ4n) is 3.40. The van der Waals surface area contributed by atoms with Gasteiger partial charge >= 0.3 is 0 Å². The van der Waals surface area contributed by atoms with Crippen molar-refractivity contribution in [3.63, 3.8) is 0 Å². The summed E-state index contributed by atoms with van der Waals surface area (Å²) in [5.74, 6) is 0.179. The van der Waals surface area contributed by atoms with Gasteiger partial charge in [0.05, 0.1) is 11.4 Å². The summed E-state index contributed by atoms with van der Waals surface area (Å²) in [7, 11) is 3.29. The number of ketones is 1. The van der Waals surface area contributed by atoms with Crippen molar-refractivity contribution >= 4 is 40.6 Å². The summed E-state index contributed by atoms with van der Waals surface area (Å²) in [6.07, 6.45) is 0.0132. The highest BCUT2D eigenvalue weighted by Gasteiger charge is 2.24. The summed E-state index contributed by atoms with van der Waals surface area (Å²) in [5.41, 5.74) is 2.09. The molecule has 31 heavy (non-hydrogen) atoms. The van der Waals surface area contributed by atoms with E-state index >= 15 is 0 Å². The Morgan fingerprint density at radius 2 is 1.55 bits per heavy atom.